The molecule has 7 nitrogen and oxygen atoms in total. The second-order valence-corrected chi connectivity index (χ2v) is 5.29. The van der Waals surface area contributed by atoms with E-state index >= 15 is 0 Å². The average Bonchev–Trinajstić information content (AvgIpc) is 2.95. The first-order valence-corrected chi connectivity index (χ1v) is 6.34. The Labute approximate surface area is 114 Å². The first-order valence-electron chi connectivity index (χ1n) is 6.34. The summed E-state index contributed by atoms with van der Waals surface area (Å²) in [5.74, 6) is -3.55. The van der Waals surface area contributed by atoms with E-state index in [-0.39, 0.29) is 17.6 Å². The quantitative estimate of drug-likeness (QED) is 0.533. The molecule has 0 N–H and O–H groups in total. The van der Waals surface area contributed by atoms with Gasteiger partial charge in [-0.05, 0) is 13.3 Å². The fraction of sp³-hybridized carbons (Fsp3) is 0.615. The van der Waals surface area contributed by atoms with E-state index < -0.39 is 36.4 Å². The van der Waals surface area contributed by atoms with E-state index in [2.05, 4.69) is 6.58 Å². The Morgan fingerprint density at radius 3 is 2.90 bits per heavy atom. The molecule has 4 unspecified atom stereocenters. The minimum absolute atomic E-state index is 0.123. The molecule has 3 heterocycles. The molecule has 0 saturated carbocycles. The van der Waals surface area contributed by atoms with Crippen LogP contribution in [0.15, 0.2) is 12.2 Å². The van der Waals surface area contributed by atoms with Crippen LogP contribution in [0.5, 0.6) is 0 Å². The third kappa shape index (κ3) is 1.89. The van der Waals surface area contributed by atoms with Crippen molar-refractivity contribution in [2.75, 3.05) is 6.61 Å². The minimum Gasteiger partial charge on any atom is -0.450 e. The second-order valence-electron chi connectivity index (χ2n) is 5.29. The van der Waals surface area contributed by atoms with E-state index in [0.717, 1.165) is 0 Å². The average molecular weight is 282 g/mol. The lowest BCUT2D eigenvalue weighted by Crippen LogP contribution is -2.44. The fourth-order valence-electron chi connectivity index (χ4n) is 2.90. The Morgan fingerprint density at radius 1 is 1.50 bits per heavy atom. The maximum absolute atomic E-state index is 11.7. The van der Waals surface area contributed by atoms with Crippen molar-refractivity contribution in [3.8, 4) is 0 Å². The Balaban J connectivity index is 1.61. The second kappa shape index (κ2) is 4.31. The van der Waals surface area contributed by atoms with Crippen LogP contribution in [0.2, 0.25) is 0 Å². The van der Waals surface area contributed by atoms with Crippen molar-refractivity contribution in [1.29, 1.82) is 0 Å². The lowest BCUT2D eigenvalue weighted by Gasteiger charge is -2.27. The summed E-state index contributed by atoms with van der Waals surface area (Å²) >= 11 is 0. The van der Waals surface area contributed by atoms with Gasteiger partial charge in [0.25, 0.3) is 5.79 Å². The molecule has 0 aromatic rings. The summed E-state index contributed by atoms with van der Waals surface area (Å²) in [4.78, 5) is 34.5. The van der Waals surface area contributed by atoms with E-state index in [1.54, 1.807) is 0 Å². The van der Waals surface area contributed by atoms with Gasteiger partial charge in [-0.15, -0.1) is 0 Å². The third-order valence-electron chi connectivity index (χ3n) is 3.70. The van der Waals surface area contributed by atoms with Crippen molar-refractivity contribution in [2.45, 2.75) is 37.8 Å². The highest BCUT2D eigenvalue weighted by atomic mass is 16.8. The molecule has 0 aromatic heterocycles. The summed E-state index contributed by atoms with van der Waals surface area (Å²) in [6.07, 6.45) is 0.274. The van der Waals surface area contributed by atoms with Crippen molar-refractivity contribution in [3.05, 3.63) is 12.2 Å². The van der Waals surface area contributed by atoms with Crippen LogP contribution in [-0.4, -0.2) is 42.5 Å². The van der Waals surface area contributed by atoms with Crippen LogP contribution >= 0.6 is 0 Å². The largest absolute Gasteiger partial charge is 0.450 e. The summed E-state index contributed by atoms with van der Waals surface area (Å²) in [5.41, 5.74) is 0.187. The summed E-state index contributed by atoms with van der Waals surface area (Å²) in [5, 5.41) is 0. The smallest absolute Gasteiger partial charge is 0.347 e. The molecular weight excluding hydrogens is 268 g/mol. The molecule has 4 atom stereocenters. The van der Waals surface area contributed by atoms with E-state index in [1.165, 1.54) is 6.92 Å². The molecule has 3 saturated heterocycles. The van der Waals surface area contributed by atoms with Gasteiger partial charge in [0.15, 0.2) is 6.61 Å². The summed E-state index contributed by atoms with van der Waals surface area (Å²) in [6.45, 7) is 4.32. The predicted octanol–water partition coefficient (Wildman–Crippen LogP) is 0.0794. The third-order valence-corrected chi connectivity index (χ3v) is 3.70. The highest BCUT2D eigenvalue weighted by Crippen LogP contribution is 2.53. The van der Waals surface area contributed by atoms with Crippen molar-refractivity contribution < 1.29 is 33.3 Å². The molecule has 0 aliphatic carbocycles. The van der Waals surface area contributed by atoms with E-state index in [0.29, 0.717) is 12.8 Å². The van der Waals surface area contributed by atoms with Crippen LogP contribution in [0.1, 0.15) is 19.8 Å². The van der Waals surface area contributed by atoms with Crippen LogP contribution in [0, 0.1) is 5.92 Å². The van der Waals surface area contributed by atoms with Gasteiger partial charge in [0, 0.05) is 5.57 Å². The van der Waals surface area contributed by atoms with Crippen molar-refractivity contribution in [2.24, 2.45) is 5.92 Å². The molecule has 3 aliphatic rings. The van der Waals surface area contributed by atoms with E-state index in [4.69, 9.17) is 18.9 Å². The van der Waals surface area contributed by atoms with Gasteiger partial charge >= 0.3 is 17.9 Å². The molecule has 0 aromatic carbocycles. The molecule has 3 fully saturated rings. The monoisotopic (exact) mass is 282 g/mol. The van der Waals surface area contributed by atoms with Crippen molar-refractivity contribution in [1.82, 2.24) is 0 Å². The van der Waals surface area contributed by atoms with E-state index in [9.17, 15) is 14.4 Å². The zero-order chi connectivity index (χ0) is 14.5. The first kappa shape index (κ1) is 13.1. The van der Waals surface area contributed by atoms with E-state index in [1.807, 2.05) is 0 Å². The Hall–Kier alpha value is -1.89. The Bertz CT molecular complexity index is 511. The molecule has 3 aliphatic heterocycles. The van der Waals surface area contributed by atoms with Crippen LogP contribution in [0.25, 0.3) is 0 Å². The zero-order valence-electron chi connectivity index (χ0n) is 10.9. The summed E-state index contributed by atoms with van der Waals surface area (Å²) in [6, 6.07) is 0. The van der Waals surface area contributed by atoms with Crippen molar-refractivity contribution >= 4 is 17.9 Å². The minimum atomic E-state index is -1.34. The number of fused-ring (bicyclic) bond motifs is 1. The SMILES string of the molecule is C=C(C)C(=O)OCC(=O)OC12CC3CC(C(=O)O1)C2O3. The molecule has 20 heavy (non-hydrogen) atoms. The highest BCUT2D eigenvalue weighted by Gasteiger charge is 2.70. The van der Waals surface area contributed by atoms with Crippen LogP contribution in [0.4, 0.5) is 0 Å². The van der Waals surface area contributed by atoms with Gasteiger partial charge in [-0.1, -0.05) is 6.58 Å². The number of carbonyl (C=O) groups excluding carboxylic acids is 3. The normalized spacial score (nSPS) is 36.6. The van der Waals surface area contributed by atoms with Gasteiger partial charge in [0.1, 0.15) is 6.10 Å². The molecule has 7 heteroatoms. The number of hydrogen-bond acceptors (Lipinski definition) is 7. The summed E-state index contributed by atoms with van der Waals surface area (Å²) < 4.78 is 20.6. The lowest BCUT2D eigenvalue weighted by atomic mass is 9.88. The van der Waals surface area contributed by atoms with Crippen LogP contribution in [-0.2, 0) is 33.3 Å². The Kier molecular flexibility index (Phi) is 2.82. The molecule has 0 radical (unpaired) electrons. The highest BCUT2D eigenvalue weighted by molar-refractivity contribution is 5.88. The van der Waals surface area contributed by atoms with Crippen LogP contribution < -0.4 is 0 Å². The van der Waals surface area contributed by atoms with Gasteiger partial charge in [0.05, 0.1) is 18.4 Å². The van der Waals surface area contributed by atoms with Gasteiger partial charge in [0.2, 0.25) is 0 Å². The lowest BCUT2D eigenvalue weighted by molar-refractivity contribution is -0.224. The van der Waals surface area contributed by atoms with Crippen LogP contribution in [0.3, 0.4) is 0 Å². The number of carbonyl (C=O) groups is 3. The first-order chi connectivity index (χ1) is 9.41. The molecule has 2 bridgehead atoms. The van der Waals surface area contributed by atoms with Gasteiger partial charge < -0.3 is 18.9 Å². The fourth-order valence-corrected chi connectivity index (χ4v) is 2.90. The molecule has 3 rings (SSSR count). The van der Waals surface area contributed by atoms with Gasteiger partial charge in [-0.3, -0.25) is 4.79 Å². The number of esters is 3. The number of ether oxygens (including phenoxy) is 4. The number of rotatable bonds is 4. The summed E-state index contributed by atoms with van der Waals surface area (Å²) in [7, 11) is 0. The molecule has 0 amide bonds. The number of hydrogen-bond donors (Lipinski definition) is 0. The maximum Gasteiger partial charge on any atom is 0.347 e. The van der Waals surface area contributed by atoms with Gasteiger partial charge in [-0.2, -0.15) is 0 Å². The molecule has 0 spiro atoms. The predicted molar refractivity (Wildman–Crippen MR) is 62.1 cm³/mol. The Morgan fingerprint density at radius 2 is 2.25 bits per heavy atom. The van der Waals surface area contributed by atoms with Gasteiger partial charge in [-0.25, -0.2) is 9.59 Å². The molecular formula is C13H14O7. The molecule has 108 valence electrons. The maximum atomic E-state index is 11.7. The topological polar surface area (TPSA) is 88.1 Å². The zero-order valence-corrected chi connectivity index (χ0v) is 10.9. The van der Waals surface area contributed by atoms with Crippen molar-refractivity contribution in [3.63, 3.8) is 0 Å². The standard InChI is InChI=1S/C13H14O7/c1-6(2)11(15)17-5-9(14)19-13-4-7-3-8(10(13)18-7)12(16)20-13/h7-8,10H,1,3-5H2,2H3.